The Balaban J connectivity index is 0.000000701. The Bertz CT molecular complexity index is 782. The maximum Gasteiger partial charge on any atom is 0.144 e. The fourth-order valence-corrected chi connectivity index (χ4v) is 3.41. The van der Waals surface area contributed by atoms with Crippen LogP contribution in [-0.4, -0.2) is 15.0 Å². The van der Waals surface area contributed by atoms with Crippen LogP contribution in [0.25, 0.3) is 10.7 Å². The lowest BCUT2D eigenvalue weighted by Crippen LogP contribution is -2.26. The summed E-state index contributed by atoms with van der Waals surface area (Å²) in [7, 11) is 0. The monoisotopic (exact) mass is 357 g/mol. The normalized spacial score (nSPS) is 16.8. The zero-order valence-corrected chi connectivity index (χ0v) is 16.4. The number of hydrogen-bond donors (Lipinski definition) is 3. The summed E-state index contributed by atoms with van der Waals surface area (Å²) < 4.78 is 0. The van der Waals surface area contributed by atoms with Gasteiger partial charge >= 0.3 is 0 Å². The standard InChI is InChI=1S/C16H19N5S.C3H8/c1-5-6-7-12-9(2)20-21-15(12)13-8-22-16(19-13)14-10(3)17-11(4)18-14;1-3-2/h5-8,15,20-21H,1H2,2-4H3,(H,17,18);3H2,1-2H3/b7-6-;. The summed E-state index contributed by atoms with van der Waals surface area (Å²) in [5, 5.41) is 3.02. The first kappa shape index (κ1) is 19.1. The van der Waals surface area contributed by atoms with E-state index in [1.807, 2.05) is 26.8 Å². The van der Waals surface area contributed by atoms with Gasteiger partial charge in [0.05, 0.1) is 11.7 Å². The first-order chi connectivity index (χ1) is 12.0. The van der Waals surface area contributed by atoms with Crippen molar-refractivity contribution in [2.45, 2.75) is 47.1 Å². The second-order valence-electron chi connectivity index (χ2n) is 5.96. The maximum atomic E-state index is 4.77. The van der Waals surface area contributed by atoms with Gasteiger partial charge in [0.1, 0.15) is 16.5 Å². The Morgan fingerprint density at radius 1 is 1.24 bits per heavy atom. The molecule has 1 unspecified atom stereocenters. The van der Waals surface area contributed by atoms with Gasteiger partial charge in [0, 0.05) is 16.8 Å². The number of aromatic nitrogens is 3. The molecule has 0 fully saturated rings. The van der Waals surface area contributed by atoms with Gasteiger partial charge < -0.3 is 10.4 Å². The average molecular weight is 358 g/mol. The first-order valence-electron chi connectivity index (χ1n) is 8.52. The third-order valence-electron chi connectivity index (χ3n) is 3.58. The van der Waals surface area contributed by atoms with Crippen LogP contribution in [0.5, 0.6) is 0 Å². The molecule has 134 valence electrons. The van der Waals surface area contributed by atoms with E-state index in [0.717, 1.165) is 33.6 Å². The number of rotatable bonds is 4. The molecule has 0 radical (unpaired) electrons. The molecule has 2 aromatic heterocycles. The van der Waals surface area contributed by atoms with Crippen molar-refractivity contribution in [3.05, 3.63) is 58.7 Å². The minimum Gasteiger partial charge on any atom is -0.346 e. The number of allylic oxidation sites excluding steroid dienone is 3. The van der Waals surface area contributed by atoms with Gasteiger partial charge in [0.15, 0.2) is 0 Å². The van der Waals surface area contributed by atoms with Gasteiger partial charge in [-0.25, -0.2) is 15.4 Å². The van der Waals surface area contributed by atoms with Crippen LogP contribution >= 0.6 is 11.3 Å². The van der Waals surface area contributed by atoms with Crippen LogP contribution < -0.4 is 10.9 Å². The molecule has 1 aliphatic rings. The lowest BCUT2D eigenvalue weighted by atomic mass is 10.0. The highest BCUT2D eigenvalue weighted by Gasteiger charge is 2.25. The maximum absolute atomic E-state index is 4.77. The SMILES string of the molecule is C=C/C=C\C1=C(C)NNC1c1csc(-c2nc(C)[nH]c2C)n1.CCC. The van der Waals surface area contributed by atoms with Crippen LogP contribution in [-0.2, 0) is 0 Å². The Labute approximate surface area is 154 Å². The summed E-state index contributed by atoms with van der Waals surface area (Å²) in [5.74, 6) is 0.912. The van der Waals surface area contributed by atoms with Gasteiger partial charge in [0.2, 0.25) is 0 Å². The van der Waals surface area contributed by atoms with Gasteiger partial charge in [-0.1, -0.05) is 45.1 Å². The molecule has 3 rings (SSSR count). The molecule has 2 aromatic rings. The van der Waals surface area contributed by atoms with E-state index in [2.05, 4.69) is 52.7 Å². The van der Waals surface area contributed by atoms with Crippen molar-refractivity contribution in [2.24, 2.45) is 0 Å². The van der Waals surface area contributed by atoms with Crippen LogP contribution in [0.3, 0.4) is 0 Å². The molecular formula is C19H27N5S. The Morgan fingerprint density at radius 2 is 1.96 bits per heavy atom. The van der Waals surface area contributed by atoms with Crippen molar-refractivity contribution < 1.29 is 0 Å². The summed E-state index contributed by atoms with van der Waals surface area (Å²) in [5.41, 5.74) is 11.7. The lowest BCUT2D eigenvalue weighted by Gasteiger charge is -2.08. The number of hydrazine groups is 1. The first-order valence-corrected chi connectivity index (χ1v) is 9.40. The number of nitrogens with one attached hydrogen (secondary N) is 3. The van der Waals surface area contributed by atoms with E-state index in [4.69, 9.17) is 4.98 Å². The molecule has 1 aliphatic heterocycles. The lowest BCUT2D eigenvalue weighted by molar-refractivity contribution is 0.582. The van der Waals surface area contributed by atoms with E-state index in [9.17, 15) is 0 Å². The molecule has 6 heteroatoms. The highest BCUT2D eigenvalue weighted by Crippen LogP contribution is 2.32. The minimum atomic E-state index is 0.0431. The second kappa shape index (κ2) is 8.78. The Hall–Kier alpha value is -2.18. The van der Waals surface area contributed by atoms with E-state index in [-0.39, 0.29) is 6.04 Å². The fraction of sp³-hybridized carbons (Fsp3) is 0.368. The van der Waals surface area contributed by atoms with E-state index < -0.39 is 0 Å². The van der Waals surface area contributed by atoms with Crippen LogP contribution in [0.2, 0.25) is 0 Å². The largest absolute Gasteiger partial charge is 0.346 e. The highest BCUT2D eigenvalue weighted by atomic mass is 32.1. The van der Waals surface area contributed by atoms with Crippen LogP contribution in [0.15, 0.2) is 41.5 Å². The van der Waals surface area contributed by atoms with E-state index in [0.29, 0.717) is 0 Å². The zero-order valence-electron chi connectivity index (χ0n) is 15.6. The number of nitrogens with zero attached hydrogens (tertiary/aromatic N) is 2. The van der Waals surface area contributed by atoms with Crippen molar-refractivity contribution in [1.29, 1.82) is 0 Å². The predicted octanol–water partition coefficient (Wildman–Crippen LogP) is 4.73. The average Bonchev–Trinajstić information content (AvgIpc) is 3.25. The number of aryl methyl sites for hydroxylation is 2. The smallest absolute Gasteiger partial charge is 0.144 e. The fourth-order valence-electron chi connectivity index (χ4n) is 2.52. The quantitative estimate of drug-likeness (QED) is 0.692. The Kier molecular flexibility index (Phi) is 6.73. The van der Waals surface area contributed by atoms with Crippen molar-refractivity contribution in [3.8, 4) is 10.7 Å². The number of imidazole rings is 1. The molecule has 1 atom stereocenters. The molecule has 0 amide bonds. The van der Waals surface area contributed by atoms with Gasteiger partial charge in [-0.3, -0.25) is 0 Å². The van der Waals surface area contributed by atoms with Gasteiger partial charge in [-0.05, 0) is 26.3 Å². The molecule has 3 heterocycles. The predicted molar refractivity (Wildman–Crippen MR) is 106 cm³/mol. The molecule has 5 nitrogen and oxygen atoms in total. The summed E-state index contributed by atoms with van der Waals surface area (Å²) >= 11 is 1.62. The van der Waals surface area contributed by atoms with Gasteiger partial charge in [0.25, 0.3) is 0 Å². The second-order valence-corrected chi connectivity index (χ2v) is 6.82. The van der Waals surface area contributed by atoms with Crippen molar-refractivity contribution >= 4 is 11.3 Å². The third-order valence-corrected chi connectivity index (χ3v) is 4.45. The number of aromatic amines is 1. The number of hydrogen-bond acceptors (Lipinski definition) is 5. The third kappa shape index (κ3) is 4.46. The number of H-pyrrole nitrogens is 1. The van der Waals surface area contributed by atoms with E-state index >= 15 is 0 Å². The molecule has 25 heavy (non-hydrogen) atoms. The van der Waals surface area contributed by atoms with Gasteiger partial charge in [-0.2, -0.15) is 0 Å². The molecule has 0 saturated heterocycles. The molecule has 0 aromatic carbocycles. The molecular weight excluding hydrogens is 330 g/mol. The van der Waals surface area contributed by atoms with Crippen molar-refractivity contribution in [2.75, 3.05) is 0 Å². The van der Waals surface area contributed by atoms with Crippen molar-refractivity contribution in [1.82, 2.24) is 25.8 Å². The molecule has 0 aliphatic carbocycles. The minimum absolute atomic E-state index is 0.0431. The summed E-state index contributed by atoms with van der Waals surface area (Å²) in [6.07, 6.45) is 7.02. The summed E-state index contributed by atoms with van der Waals surface area (Å²) in [6, 6.07) is 0.0431. The van der Waals surface area contributed by atoms with Gasteiger partial charge in [-0.15, -0.1) is 11.3 Å². The summed E-state index contributed by atoms with van der Waals surface area (Å²) in [6.45, 7) is 14.0. The van der Waals surface area contributed by atoms with E-state index in [1.165, 1.54) is 12.0 Å². The molecule has 0 saturated carbocycles. The van der Waals surface area contributed by atoms with Crippen LogP contribution in [0.4, 0.5) is 0 Å². The highest BCUT2D eigenvalue weighted by molar-refractivity contribution is 7.13. The topological polar surface area (TPSA) is 65.6 Å². The molecule has 3 N–H and O–H groups in total. The molecule has 0 bridgehead atoms. The zero-order chi connectivity index (χ0) is 18.4. The van der Waals surface area contributed by atoms with E-state index in [1.54, 1.807) is 17.4 Å². The molecule has 0 spiro atoms. The summed E-state index contributed by atoms with van der Waals surface area (Å²) in [4.78, 5) is 12.5. The Morgan fingerprint density at radius 3 is 2.56 bits per heavy atom. The number of thiazole rings is 1. The van der Waals surface area contributed by atoms with Crippen molar-refractivity contribution in [3.63, 3.8) is 0 Å². The van der Waals surface area contributed by atoms with Crippen LogP contribution in [0, 0.1) is 13.8 Å². The van der Waals surface area contributed by atoms with Crippen LogP contribution in [0.1, 0.15) is 50.4 Å².